The molecule has 6 N–H and O–H groups in total. The quantitative estimate of drug-likeness (QED) is 0.0363. The number of methoxy groups -OCH3 is 2. The lowest BCUT2D eigenvalue weighted by atomic mass is 9.79. The number of hydrogen-bond acceptors (Lipinski definition) is 12. The minimum Gasteiger partial charge on any atom is -0.496 e. The maximum absolute atomic E-state index is 12.7. The molecule has 2 heterocycles. The van der Waals surface area contributed by atoms with Crippen molar-refractivity contribution in [1.29, 1.82) is 10.8 Å². The Morgan fingerprint density at radius 1 is 0.672 bits per heavy atom. The van der Waals surface area contributed by atoms with Crippen molar-refractivity contribution in [3.05, 3.63) is 119 Å². The highest BCUT2D eigenvalue weighted by Crippen LogP contribution is 2.36. The van der Waals surface area contributed by atoms with Gasteiger partial charge in [0.05, 0.1) is 19.9 Å². The molecule has 6 rings (SSSR count). The van der Waals surface area contributed by atoms with Gasteiger partial charge in [0.1, 0.15) is 28.6 Å². The van der Waals surface area contributed by atoms with Gasteiger partial charge < -0.3 is 36.4 Å². The Kier molecular flexibility index (Phi) is 27.3. The average Bonchev–Trinajstić information content (AvgIpc) is 3.37. The molecule has 14 nitrogen and oxygen atoms in total. The number of rotatable bonds is 16. The predicted molar refractivity (Wildman–Crippen MR) is 275 cm³/mol. The Morgan fingerprint density at radius 2 is 1.09 bits per heavy atom. The summed E-state index contributed by atoms with van der Waals surface area (Å²) in [7, 11) is 6.51. The zero-order valence-electron chi connectivity index (χ0n) is 42.0. The third-order valence-corrected chi connectivity index (χ3v) is 11.5. The van der Waals surface area contributed by atoms with Crippen LogP contribution in [-0.2, 0) is 9.59 Å². The second-order valence-corrected chi connectivity index (χ2v) is 15.9. The number of benzene rings is 2. The fourth-order valence-electron chi connectivity index (χ4n) is 8.19. The first kappa shape index (κ1) is 56.7. The fraction of sp³-hybridized carbons (Fsp3) is 0.472. The normalized spacial score (nSPS) is 17.5. The highest BCUT2D eigenvalue weighted by Gasteiger charge is 2.26. The van der Waals surface area contributed by atoms with Gasteiger partial charge in [-0.1, -0.05) is 52.0 Å². The number of hydrogen-bond donors (Lipinski definition) is 6. The molecule has 0 radical (unpaired) electrons. The number of pyridine rings is 2. The molecule has 67 heavy (non-hydrogen) atoms. The molecular weight excluding hydrogens is 841 g/mol. The Labute approximate surface area is 400 Å². The van der Waals surface area contributed by atoms with Crippen LogP contribution >= 0.6 is 0 Å². The molecule has 0 atom stereocenters. The van der Waals surface area contributed by atoms with Crippen LogP contribution < -0.4 is 31.0 Å². The molecule has 0 spiro atoms. The number of ether oxygens (including phenoxy) is 2. The SMILES string of the molecule is CC.CC.CN/N=C(\C(=N)C(=O)NCC1CCC(c2ccnc(C)c2)CC1)c1ccccc1OC.CN/N=C(\C(C)=N)c1ccccc1OC.Cc1cc(C2CCC(CNC=O)CC2)ccn1. The van der Waals surface area contributed by atoms with Crippen molar-refractivity contribution in [3.63, 3.8) is 0 Å². The van der Waals surface area contributed by atoms with E-state index in [0.29, 0.717) is 53.0 Å². The molecule has 4 aromatic rings. The summed E-state index contributed by atoms with van der Waals surface area (Å²) < 4.78 is 10.6. The largest absolute Gasteiger partial charge is 0.496 e. The van der Waals surface area contributed by atoms with Gasteiger partial charge in [-0.2, -0.15) is 10.2 Å². The van der Waals surface area contributed by atoms with E-state index in [1.54, 1.807) is 47.4 Å². The molecule has 2 saturated carbocycles. The molecule has 2 aromatic heterocycles. The minimum atomic E-state index is -0.424. The highest BCUT2D eigenvalue weighted by atomic mass is 16.5. The molecular formula is C53H78N10O4. The van der Waals surface area contributed by atoms with Crippen LogP contribution in [0.3, 0.4) is 0 Å². The first-order valence-electron chi connectivity index (χ1n) is 23.7. The standard InChI is InChI=1S/C24H31N5O2.C14H20N2O.C11H15N3O.2C2H6/c1-16-14-19(12-13-27-16)18-10-8-17(9-11-18)15-28-24(30)22(25)23(29-26-2)20-6-4-5-7-21(20)31-3;1-11-8-14(6-7-16-11)13-4-2-12(3-5-13)9-15-10-17;1-8(12)11(14-13-2)9-6-4-5-7-10(9)15-3;2*1-2/h4-7,12-14,17-18,25-26H,8-11,15H2,1-3H3,(H,28,30);6-8,10,12-13H,2-5,9H2,1H3,(H,15,17);4-7,12-13H,1-3H3;2*1-2H3/b25-22?,29-23-;;12-8?,14-11+;;. The summed E-state index contributed by atoms with van der Waals surface area (Å²) in [6.45, 7) is 15.2. The van der Waals surface area contributed by atoms with Crippen LogP contribution in [0.25, 0.3) is 0 Å². The lowest BCUT2D eigenvalue weighted by Crippen LogP contribution is -2.39. The van der Waals surface area contributed by atoms with E-state index in [1.807, 2.05) is 90.3 Å². The van der Waals surface area contributed by atoms with Crippen LogP contribution in [0.2, 0.25) is 0 Å². The number of nitrogens with zero attached hydrogens (tertiary/aromatic N) is 4. The molecule has 2 aliphatic rings. The van der Waals surface area contributed by atoms with Crippen molar-refractivity contribution in [2.24, 2.45) is 22.0 Å². The molecule has 0 saturated heterocycles. The lowest BCUT2D eigenvalue weighted by Gasteiger charge is -2.29. The first-order chi connectivity index (χ1) is 32.5. The van der Waals surface area contributed by atoms with Crippen LogP contribution in [0.5, 0.6) is 11.5 Å². The van der Waals surface area contributed by atoms with Crippen molar-refractivity contribution in [3.8, 4) is 11.5 Å². The van der Waals surface area contributed by atoms with E-state index in [2.05, 4.69) is 65.9 Å². The number of nitrogens with one attached hydrogen (secondary N) is 6. The highest BCUT2D eigenvalue weighted by molar-refractivity contribution is 6.69. The topological polar surface area (TPSA) is 199 Å². The lowest BCUT2D eigenvalue weighted by molar-refractivity contribution is -0.115. The summed E-state index contributed by atoms with van der Waals surface area (Å²) in [5.74, 6) is 3.20. The summed E-state index contributed by atoms with van der Waals surface area (Å²) in [5, 5.41) is 30.0. The van der Waals surface area contributed by atoms with Gasteiger partial charge >= 0.3 is 0 Å². The zero-order valence-corrected chi connectivity index (χ0v) is 42.0. The number of aromatic nitrogens is 2. The second kappa shape index (κ2) is 32.3. The van der Waals surface area contributed by atoms with E-state index in [4.69, 9.17) is 20.3 Å². The number of aryl methyl sites for hydroxylation is 2. The van der Waals surface area contributed by atoms with E-state index in [9.17, 15) is 9.59 Å². The Bertz CT molecular complexity index is 2160. The van der Waals surface area contributed by atoms with Crippen molar-refractivity contribution in [2.45, 2.75) is 112 Å². The summed E-state index contributed by atoms with van der Waals surface area (Å²) >= 11 is 0. The number of para-hydroxylation sites is 2. The maximum Gasteiger partial charge on any atom is 0.271 e. The summed E-state index contributed by atoms with van der Waals surface area (Å²) in [6.07, 6.45) is 13.8. The van der Waals surface area contributed by atoms with E-state index in [1.165, 1.54) is 36.8 Å². The van der Waals surface area contributed by atoms with Gasteiger partial charge in [0.2, 0.25) is 6.41 Å². The van der Waals surface area contributed by atoms with Crippen LogP contribution in [0.1, 0.15) is 131 Å². The van der Waals surface area contributed by atoms with E-state index >= 15 is 0 Å². The molecule has 0 bridgehead atoms. The van der Waals surface area contributed by atoms with E-state index in [0.717, 1.165) is 61.3 Å². The molecule has 2 fully saturated rings. The second-order valence-electron chi connectivity index (χ2n) is 15.9. The third kappa shape index (κ3) is 18.8. The molecule has 14 heteroatoms. The van der Waals surface area contributed by atoms with E-state index in [-0.39, 0.29) is 11.4 Å². The average molecular weight is 919 g/mol. The first-order valence-corrected chi connectivity index (χ1v) is 23.7. The summed E-state index contributed by atoms with van der Waals surface area (Å²) in [6, 6.07) is 23.4. The van der Waals surface area contributed by atoms with Crippen LogP contribution in [0.15, 0.2) is 95.4 Å². The van der Waals surface area contributed by atoms with Gasteiger partial charge in [0.15, 0.2) is 0 Å². The van der Waals surface area contributed by atoms with Crippen molar-refractivity contribution in [1.82, 2.24) is 31.5 Å². The number of carbonyl (C=O) groups excluding carboxylic acids is 2. The molecule has 2 aliphatic carbocycles. The maximum atomic E-state index is 12.7. The number of hydrazone groups is 2. The van der Waals surface area contributed by atoms with Gasteiger partial charge in [-0.15, -0.1) is 0 Å². The van der Waals surface area contributed by atoms with Gasteiger partial charge in [-0.25, -0.2) is 0 Å². The van der Waals surface area contributed by atoms with Crippen LogP contribution in [-0.4, -0.2) is 86.5 Å². The monoisotopic (exact) mass is 919 g/mol. The summed E-state index contributed by atoms with van der Waals surface area (Å²) in [5.41, 5.74) is 12.8. The molecule has 364 valence electrons. The fourth-order valence-corrected chi connectivity index (χ4v) is 8.19. The Hall–Kier alpha value is -6.44. The molecule has 0 unspecified atom stereocenters. The van der Waals surface area contributed by atoms with Gasteiger partial charge in [-0.05, 0) is 155 Å². The van der Waals surface area contributed by atoms with Gasteiger partial charge in [-0.3, -0.25) is 25.0 Å². The zero-order chi connectivity index (χ0) is 49.6. The smallest absolute Gasteiger partial charge is 0.271 e. The van der Waals surface area contributed by atoms with Crippen LogP contribution in [0, 0.1) is 36.5 Å². The third-order valence-electron chi connectivity index (χ3n) is 11.5. The van der Waals surface area contributed by atoms with E-state index < -0.39 is 5.91 Å². The predicted octanol–water partition coefficient (Wildman–Crippen LogP) is 9.55. The Morgan fingerprint density at radius 3 is 1.49 bits per heavy atom. The number of carbonyl (C=O) groups is 2. The molecule has 2 amide bonds. The molecule has 0 aliphatic heterocycles. The van der Waals surface area contributed by atoms with Gasteiger partial charge in [0.25, 0.3) is 5.91 Å². The van der Waals surface area contributed by atoms with Crippen LogP contribution in [0.4, 0.5) is 0 Å². The van der Waals surface area contributed by atoms with Gasteiger partial charge in [0, 0.05) is 62.1 Å². The number of amides is 2. The van der Waals surface area contributed by atoms with Crippen molar-refractivity contribution < 1.29 is 19.1 Å². The van der Waals surface area contributed by atoms with Crippen molar-refractivity contribution >= 4 is 35.2 Å². The minimum absolute atomic E-state index is 0.181. The summed E-state index contributed by atoms with van der Waals surface area (Å²) in [4.78, 5) is 31.5. The Balaban J connectivity index is 0.000000362. The molecule has 2 aromatic carbocycles. The van der Waals surface area contributed by atoms with Crippen molar-refractivity contribution in [2.75, 3.05) is 41.4 Å².